The summed E-state index contributed by atoms with van der Waals surface area (Å²) in [6.07, 6.45) is 5.01. The molecule has 0 unspecified atom stereocenters. The Morgan fingerprint density at radius 2 is 1.86 bits per heavy atom. The minimum atomic E-state index is -1.82. The Morgan fingerprint density at radius 3 is 2.51 bits per heavy atom. The second-order valence-electron chi connectivity index (χ2n) is 11.0. The van der Waals surface area contributed by atoms with Gasteiger partial charge in [-0.25, -0.2) is 0 Å². The lowest BCUT2D eigenvalue weighted by Gasteiger charge is -2.52. The van der Waals surface area contributed by atoms with Gasteiger partial charge in [-0.15, -0.1) is 0 Å². The molecule has 7 heteroatoms. The number of nitrogens with one attached hydrogen (secondary N) is 1. The molecule has 198 valence electrons. The molecule has 1 aliphatic heterocycles. The number of hydrogen-bond donors (Lipinski definition) is 3. The summed E-state index contributed by atoms with van der Waals surface area (Å²) in [5.41, 5.74) is -1.55. The summed E-state index contributed by atoms with van der Waals surface area (Å²) in [6, 6.07) is 9.49. The van der Waals surface area contributed by atoms with Crippen LogP contribution in [0.2, 0.25) is 0 Å². The molecular formula is C30H37NO6. The van der Waals surface area contributed by atoms with Gasteiger partial charge < -0.3 is 20.3 Å². The molecule has 37 heavy (non-hydrogen) atoms. The molecule has 1 amide bonds. The van der Waals surface area contributed by atoms with Gasteiger partial charge in [0.15, 0.2) is 5.78 Å². The predicted molar refractivity (Wildman–Crippen MR) is 139 cm³/mol. The van der Waals surface area contributed by atoms with Gasteiger partial charge in [-0.05, 0) is 49.0 Å². The number of aliphatic hydroxyl groups excluding tert-OH is 1. The van der Waals surface area contributed by atoms with E-state index < -0.39 is 46.9 Å². The molecule has 1 aromatic carbocycles. The van der Waals surface area contributed by atoms with Crippen molar-refractivity contribution in [3.8, 4) is 0 Å². The maximum Gasteiger partial charge on any atom is 0.303 e. The van der Waals surface area contributed by atoms with E-state index in [1.807, 2.05) is 37.3 Å². The first-order chi connectivity index (χ1) is 17.4. The summed E-state index contributed by atoms with van der Waals surface area (Å²) >= 11 is 0. The van der Waals surface area contributed by atoms with Crippen molar-refractivity contribution >= 4 is 17.7 Å². The van der Waals surface area contributed by atoms with Crippen molar-refractivity contribution in [2.24, 2.45) is 29.1 Å². The molecule has 9 atom stereocenters. The van der Waals surface area contributed by atoms with Gasteiger partial charge in [0.1, 0.15) is 17.1 Å². The number of amides is 1. The Balaban J connectivity index is 1.94. The van der Waals surface area contributed by atoms with Gasteiger partial charge in [-0.2, -0.15) is 0 Å². The number of carbonyl (C=O) groups excluding carboxylic acids is 3. The standard InChI is InChI=1S/C30H37NO6/c1-17-10-9-13-22-26(33)19(3)18(2)25-23(16-21-11-7-6-8-12-21)31-28(35)30(22,25)24(37-20(4)32)14-15-29(5,36)27(17)34/h6-9,11-15,17-18,22-26,33,36H,3,10,16H2,1-2,4-5H3,(H,31,35)/b13-9+,15-14+/t17-,18+,22+,23+,24+,25-,26+,29-,30-/m0/s1. The van der Waals surface area contributed by atoms with Gasteiger partial charge in [0.25, 0.3) is 0 Å². The fourth-order valence-electron chi connectivity index (χ4n) is 6.68. The Labute approximate surface area is 218 Å². The first-order valence-corrected chi connectivity index (χ1v) is 12.9. The van der Waals surface area contributed by atoms with E-state index in [1.54, 1.807) is 19.1 Å². The molecule has 0 radical (unpaired) electrons. The molecule has 7 nitrogen and oxygen atoms in total. The summed E-state index contributed by atoms with van der Waals surface area (Å²) in [7, 11) is 0. The number of allylic oxidation sites excluding steroid dienone is 1. The van der Waals surface area contributed by atoms with Crippen molar-refractivity contribution in [2.45, 2.75) is 64.4 Å². The van der Waals surface area contributed by atoms with Crippen LogP contribution in [-0.2, 0) is 25.5 Å². The number of benzene rings is 1. The molecule has 0 aromatic heterocycles. The van der Waals surface area contributed by atoms with Gasteiger partial charge in [-0.1, -0.05) is 62.9 Å². The number of aliphatic hydroxyl groups is 2. The van der Waals surface area contributed by atoms with E-state index in [1.165, 1.54) is 26.0 Å². The van der Waals surface area contributed by atoms with Crippen molar-refractivity contribution in [3.63, 3.8) is 0 Å². The van der Waals surface area contributed by atoms with Crippen molar-refractivity contribution in [1.82, 2.24) is 5.32 Å². The van der Waals surface area contributed by atoms with Crippen LogP contribution < -0.4 is 5.32 Å². The predicted octanol–water partition coefficient (Wildman–Crippen LogP) is 2.92. The Kier molecular flexibility index (Phi) is 7.32. The summed E-state index contributed by atoms with van der Waals surface area (Å²) < 4.78 is 5.81. The van der Waals surface area contributed by atoms with Crippen molar-refractivity contribution in [2.75, 3.05) is 0 Å². The third-order valence-corrected chi connectivity index (χ3v) is 8.53. The molecule has 0 bridgehead atoms. The minimum absolute atomic E-state index is 0.287. The van der Waals surface area contributed by atoms with Crippen LogP contribution in [0.15, 0.2) is 66.8 Å². The number of esters is 1. The SMILES string of the molecule is C=C1[C@@H](C)[C@H]2[C@@H](Cc3ccccc3)NC(=O)[C@]23[C@H](/C=C/C[C@H](C)C(=O)[C@@](C)(O)/C=C/[C@H]3OC(C)=O)[C@@H]1O. The average Bonchev–Trinajstić information content (AvgIpc) is 3.13. The van der Waals surface area contributed by atoms with Gasteiger partial charge in [0.2, 0.25) is 5.91 Å². The lowest BCUT2D eigenvalue weighted by Crippen LogP contribution is -2.60. The summed E-state index contributed by atoms with van der Waals surface area (Å²) in [5.74, 6) is -3.26. The maximum atomic E-state index is 14.2. The first kappa shape index (κ1) is 27.0. The second-order valence-corrected chi connectivity index (χ2v) is 11.0. The summed E-state index contributed by atoms with van der Waals surface area (Å²) in [5, 5.41) is 25.7. The van der Waals surface area contributed by atoms with Crippen molar-refractivity contribution in [3.05, 3.63) is 72.4 Å². The average molecular weight is 508 g/mol. The van der Waals surface area contributed by atoms with E-state index in [9.17, 15) is 24.6 Å². The summed E-state index contributed by atoms with van der Waals surface area (Å²) in [4.78, 5) is 39.5. The molecule has 3 N–H and O–H groups in total. The molecule has 1 saturated heterocycles. The third-order valence-electron chi connectivity index (χ3n) is 8.53. The number of ether oxygens (including phenoxy) is 1. The first-order valence-electron chi connectivity index (χ1n) is 12.9. The fraction of sp³-hybridized carbons (Fsp3) is 0.500. The van der Waals surface area contributed by atoms with Crippen LogP contribution in [-0.4, -0.2) is 51.7 Å². The molecule has 3 aliphatic rings. The highest BCUT2D eigenvalue weighted by Crippen LogP contribution is 2.58. The van der Waals surface area contributed by atoms with Gasteiger partial charge in [0.05, 0.1) is 6.10 Å². The smallest absolute Gasteiger partial charge is 0.303 e. The molecule has 2 aliphatic carbocycles. The van der Waals surface area contributed by atoms with Gasteiger partial charge in [-0.3, -0.25) is 14.4 Å². The molecule has 4 rings (SSSR count). The number of ketones is 1. The Hall–Kier alpha value is -3.03. The molecule has 1 heterocycles. The number of rotatable bonds is 3. The molecule has 1 spiro atoms. The lowest BCUT2D eigenvalue weighted by molar-refractivity contribution is -0.166. The Bertz CT molecular complexity index is 1140. The highest BCUT2D eigenvalue weighted by molar-refractivity contribution is 5.91. The fourth-order valence-corrected chi connectivity index (χ4v) is 6.68. The van der Waals surface area contributed by atoms with Crippen LogP contribution >= 0.6 is 0 Å². The third kappa shape index (κ3) is 4.59. The quantitative estimate of drug-likeness (QED) is 0.428. The zero-order valence-corrected chi connectivity index (χ0v) is 21.9. The highest BCUT2D eigenvalue weighted by atomic mass is 16.5. The zero-order valence-electron chi connectivity index (χ0n) is 21.9. The molecule has 1 saturated carbocycles. The van der Waals surface area contributed by atoms with Crippen LogP contribution in [0.4, 0.5) is 0 Å². The monoisotopic (exact) mass is 507 g/mol. The Morgan fingerprint density at radius 1 is 1.19 bits per heavy atom. The van der Waals surface area contributed by atoms with Gasteiger partial charge >= 0.3 is 5.97 Å². The number of Topliss-reactive ketones (excluding diaryl/α,β-unsaturated/α-hetero) is 1. The largest absolute Gasteiger partial charge is 0.457 e. The van der Waals surface area contributed by atoms with E-state index in [4.69, 9.17) is 4.74 Å². The second kappa shape index (κ2) is 10.0. The number of hydrogen-bond acceptors (Lipinski definition) is 6. The van der Waals surface area contributed by atoms with Crippen molar-refractivity contribution in [1.29, 1.82) is 0 Å². The van der Waals surface area contributed by atoms with E-state index in [-0.39, 0.29) is 23.7 Å². The van der Waals surface area contributed by atoms with Crippen LogP contribution in [0.25, 0.3) is 0 Å². The van der Waals surface area contributed by atoms with Crippen LogP contribution in [0.1, 0.15) is 39.7 Å². The lowest BCUT2D eigenvalue weighted by atomic mass is 9.51. The van der Waals surface area contributed by atoms with Gasteiger partial charge in [0, 0.05) is 30.7 Å². The van der Waals surface area contributed by atoms with E-state index in [2.05, 4.69) is 11.9 Å². The molecule has 1 aromatic rings. The number of carbonyl (C=O) groups is 3. The maximum absolute atomic E-state index is 14.2. The molecular weight excluding hydrogens is 470 g/mol. The molecule has 2 fully saturated rings. The van der Waals surface area contributed by atoms with E-state index >= 15 is 0 Å². The van der Waals surface area contributed by atoms with Crippen molar-refractivity contribution < 1.29 is 29.3 Å². The minimum Gasteiger partial charge on any atom is -0.457 e. The topological polar surface area (TPSA) is 113 Å². The van der Waals surface area contributed by atoms with E-state index in [0.717, 1.165) is 5.56 Å². The summed E-state index contributed by atoms with van der Waals surface area (Å²) in [6.45, 7) is 10.5. The van der Waals surface area contributed by atoms with Crippen LogP contribution in [0, 0.1) is 29.1 Å². The normalized spacial score (nSPS) is 41.6. The highest BCUT2D eigenvalue weighted by Gasteiger charge is 2.68. The zero-order chi connectivity index (χ0) is 27.1. The van der Waals surface area contributed by atoms with Crippen LogP contribution in [0.5, 0.6) is 0 Å². The van der Waals surface area contributed by atoms with Crippen LogP contribution in [0.3, 0.4) is 0 Å². The van der Waals surface area contributed by atoms with E-state index in [0.29, 0.717) is 18.4 Å².